The van der Waals surface area contributed by atoms with Gasteiger partial charge in [-0.05, 0) is 61.5 Å². The number of hydrogen-bond donors (Lipinski definition) is 0. The van der Waals surface area contributed by atoms with Gasteiger partial charge in [0.25, 0.3) is 5.56 Å². The van der Waals surface area contributed by atoms with Crippen LogP contribution in [0.2, 0.25) is 0 Å². The number of aryl methyl sites for hydroxylation is 1. The molecule has 0 saturated heterocycles. The number of hydrogen-bond acceptors (Lipinski definition) is 6. The topological polar surface area (TPSA) is 75.0 Å². The molecule has 3 aromatic rings. The highest BCUT2D eigenvalue weighted by Gasteiger charge is 2.24. The molecule has 2 heterocycles. The van der Waals surface area contributed by atoms with Gasteiger partial charge in [0.1, 0.15) is 4.70 Å². The second-order valence-electron chi connectivity index (χ2n) is 7.76. The summed E-state index contributed by atoms with van der Waals surface area (Å²) in [4.78, 5) is 29.0. The maximum absolute atomic E-state index is 13.1. The predicted molar refractivity (Wildman–Crippen MR) is 115 cm³/mol. The lowest BCUT2D eigenvalue weighted by Gasteiger charge is -2.29. The van der Waals surface area contributed by atoms with Crippen LogP contribution in [0.15, 0.2) is 45.7 Å². The van der Waals surface area contributed by atoms with Gasteiger partial charge in [-0.2, -0.15) is 0 Å². The number of aromatic nitrogens is 2. The molecule has 1 aliphatic rings. The van der Waals surface area contributed by atoms with Crippen LogP contribution >= 0.6 is 23.1 Å². The number of fused-ring (bicyclic) bond motifs is 1. The minimum Gasteiger partial charge on any atom is -0.550 e. The van der Waals surface area contributed by atoms with Crippen molar-refractivity contribution < 1.29 is 9.90 Å². The van der Waals surface area contributed by atoms with Crippen molar-refractivity contribution in [3.8, 4) is 0 Å². The van der Waals surface area contributed by atoms with Gasteiger partial charge in [-0.15, -0.1) is 11.3 Å². The molecule has 1 saturated carbocycles. The minimum absolute atomic E-state index is 0.0124. The normalized spacial score (nSPS) is 19.5. The Morgan fingerprint density at radius 1 is 1.21 bits per heavy atom. The zero-order valence-corrected chi connectivity index (χ0v) is 17.9. The van der Waals surface area contributed by atoms with Crippen molar-refractivity contribution in [3.63, 3.8) is 0 Å². The van der Waals surface area contributed by atoms with E-state index in [1.54, 1.807) is 11.8 Å². The molecule has 0 aliphatic heterocycles. The molecule has 7 heteroatoms. The van der Waals surface area contributed by atoms with E-state index in [9.17, 15) is 14.7 Å². The van der Waals surface area contributed by atoms with E-state index in [2.05, 4.69) is 31.2 Å². The molecule has 1 fully saturated rings. The minimum atomic E-state index is -0.948. The van der Waals surface area contributed by atoms with Gasteiger partial charge in [0, 0.05) is 18.3 Å². The van der Waals surface area contributed by atoms with E-state index < -0.39 is 5.97 Å². The standard InChI is InChI=1S/C22H24N2O3S2/c1-14-2-4-16(5-3-14)13-29-22-23-18-10-11-28-19(18)20(25)24(22)12-15-6-8-17(9-7-15)21(26)27/h2-5,10-11,15,17H,6-9,12-13H2,1H3,(H,26,27)/p-1. The number of thiophene rings is 1. The third-order valence-electron chi connectivity index (χ3n) is 5.64. The first-order chi connectivity index (χ1) is 14.0. The molecule has 0 spiro atoms. The number of carboxylic acid groups (broad SMARTS) is 1. The third-order valence-corrected chi connectivity index (χ3v) is 7.58. The van der Waals surface area contributed by atoms with Crippen LogP contribution in [0.4, 0.5) is 0 Å². The summed E-state index contributed by atoms with van der Waals surface area (Å²) in [5.41, 5.74) is 3.18. The zero-order valence-electron chi connectivity index (χ0n) is 16.3. The Kier molecular flexibility index (Phi) is 6.06. The van der Waals surface area contributed by atoms with Crippen molar-refractivity contribution in [3.05, 3.63) is 57.2 Å². The molecule has 2 aromatic heterocycles. The second-order valence-corrected chi connectivity index (χ2v) is 9.61. The lowest BCUT2D eigenvalue weighted by molar-refractivity contribution is -0.312. The summed E-state index contributed by atoms with van der Waals surface area (Å²) in [6, 6.07) is 10.3. The number of thioether (sulfide) groups is 1. The van der Waals surface area contributed by atoms with Crippen molar-refractivity contribution in [2.75, 3.05) is 0 Å². The molecular weight excluding hydrogens is 404 g/mol. The molecule has 0 bridgehead atoms. The van der Waals surface area contributed by atoms with Gasteiger partial charge in [0.05, 0.1) is 5.52 Å². The molecule has 5 nitrogen and oxygen atoms in total. The lowest BCUT2D eigenvalue weighted by atomic mass is 9.82. The molecule has 29 heavy (non-hydrogen) atoms. The van der Waals surface area contributed by atoms with E-state index >= 15 is 0 Å². The van der Waals surface area contributed by atoms with Crippen LogP contribution in [0.25, 0.3) is 10.2 Å². The quantitative estimate of drug-likeness (QED) is 0.444. The fourth-order valence-electron chi connectivity index (χ4n) is 3.87. The molecule has 0 atom stereocenters. The average molecular weight is 428 g/mol. The Morgan fingerprint density at radius 2 is 1.93 bits per heavy atom. The molecule has 4 rings (SSSR count). The largest absolute Gasteiger partial charge is 0.550 e. The third kappa shape index (κ3) is 4.56. The summed E-state index contributed by atoms with van der Waals surface area (Å²) in [6.45, 7) is 2.66. The van der Waals surface area contributed by atoms with Crippen LogP contribution in [0.3, 0.4) is 0 Å². The summed E-state index contributed by atoms with van der Waals surface area (Å²) < 4.78 is 2.50. The van der Waals surface area contributed by atoms with Gasteiger partial charge < -0.3 is 9.90 Å². The van der Waals surface area contributed by atoms with Crippen molar-refractivity contribution >= 4 is 39.3 Å². The smallest absolute Gasteiger partial charge is 0.272 e. The summed E-state index contributed by atoms with van der Waals surface area (Å²) in [6.07, 6.45) is 2.86. The van der Waals surface area contributed by atoms with Crippen LogP contribution < -0.4 is 10.7 Å². The molecule has 0 unspecified atom stereocenters. The molecule has 152 valence electrons. The van der Waals surface area contributed by atoms with Gasteiger partial charge in [-0.3, -0.25) is 9.36 Å². The maximum atomic E-state index is 13.1. The average Bonchev–Trinajstić information content (AvgIpc) is 3.19. The number of carbonyl (C=O) groups excluding carboxylic acids is 1. The van der Waals surface area contributed by atoms with Crippen LogP contribution in [-0.4, -0.2) is 15.5 Å². The van der Waals surface area contributed by atoms with Crippen molar-refractivity contribution in [2.24, 2.45) is 11.8 Å². The van der Waals surface area contributed by atoms with Crippen molar-refractivity contribution in [2.45, 2.75) is 50.1 Å². The highest BCUT2D eigenvalue weighted by molar-refractivity contribution is 7.98. The van der Waals surface area contributed by atoms with E-state index in [0.29, 0.717) is 30.0 Å². The summed E-state index contributed by atoms with van der Waals surface area (Å²) >= 11 is 3.01. The highest BCUT2D eigenvalue weighted by atomic mass is 32.2. The number of benzene rings is 1. The van der Waals surface area contributed by atoms with Gasteiger partial charge in [-0.25, -0.2) is 4.98 Å². The maximum Gasteiger partial charge on any atom is 0.272 e. The lowest BCUT2D eigenvalue weighted by Crippen LogP contribution is -2.35. The van der Waals surface area contributed by atoms with E-state index in [1.165, 1.54) is 22.5 Å². The van der Waals surface area contributed by atoms with Gasteiger partial charge in [0.2, 0.25) is 0 Å². The Morgan fingerprint density at radius 3 is 2.62 bits per heavy atom. The number of carboxylic acids is 1. The van der Waals surface area contributed by atoms with Crippen LogP contribution in [0, 0.1) is 18.8 Å². The van der Waals surface area contributed by atoms with Gasteiger partial charge >= 0.3 is 0 Å². The van der Waals surface area contributed by atoms with Crippen molar-refractivity contribution in [1.82, 2.24) is 9.55 Å². The Labute approximate surface area is 177 Å². The Hall–Kier alpha value is -2.12. The fraction of sp³-hybridized carbons (Fsp3) is 0.409. The number of rotatable bonds is 6. The molecular formula is C22H23N2O3S2-. The van der Waals surface area contributed by atoms with E-state index in [1.807, 2.05) is 16.0 Å². The first-order valence-electron chi connectivity index (χ1n) is 9.88. The number of nitrogens with zero attached hydrogens (tertiary/aromatic N) is 2. The molecule has 0 radical (unpaired) electrons. The van der Waals surface area contributed by atoms with Crippen LogP contribution in [0.1, 0.15) is 36.8 Å². The van der Waals surface area contributed by atoms with Gasteiger partial charge in [0.15, 0.2) is 5.16 Å². The number of carbonyl (C=O) groups is 1. The number of aliphatic carboxylic acids is 1. The van der Waals surface area contributed by atoms with E-state index in [0.717, 1.165) is 29.3 Å². The zero-order chi connectivity index (χ0) is 20.4. The SMILES string of the molecule is Cc1ccc(CSc2nc3ccsc3c(=O)n2CC2CCC(C(=O)[O-])CC2)cc1. The van der Waals surface area contributed by atoms with Crippen LogP contribution in [0.5, 0.6) is 0 Å². The summed E-state index contributed by atoms with van der Waals surface area (Å²) in [5.74, 6) is -0.256. The Bertz CT molecular complexity index is 1060. The summed E-state index contributed by atoms with van der Waals surface area (Å²) in [7, 11) is 0. The first-order valence-corrected chi connectivity index (χ1v) is 11.7. The van der Waals surface area contributed by atoms with E-state index in [4.69, 9.17) is 4.98 Å². The van der Waals surface area contributed by atoms with Gasteiger partial charge in [-0.1, -0.05) is 41.6 Å². The molecule has 0 amide bonds. The predicted octanol–water partition coefficient (Wildman–Crippen LogP) is 3.62. The molecule has 0 N–H and O–H groups in total. The monoisotopic (exact) mass is 427 g/mol. The summed E-state index contributed by atoms with van der Waals surface area (Å²) in [5, 5.41) is 13.8. The highest BCUT2D eigenvalue weighted by Crippen LogP contribution is 2.31. The fourth-order valence-corrected chi connectivity index (χ4v) is 5.61. The first kappa shape index (κ1) is 20.2. The van der Waals surface area contributed by atoms with Crippen molar-refractivity contribution in [1.29, 1.82) is 0 Å². The van der Waals surface area contributed by atoms with E-state index in [-0.39, 0.29) is 11.5 Å². The molecule has 1 aromatic carbocycles. The molecule has 1 aliphatic carbocycles. The Balaban J connectivity index is 1.57. The van der Waals surface area contributed by atoms with Crippen LogP contribution in [-0.2, 0) is 17.1 Å². The second kappa shape index (κ2) is 8.71.